The smallest absolute Gasteiger partial charge is 0.393 e. The molecule has 0 amide bonds. The fourth-order valence-corrected chi connectivity index (χ4v) is 4.18. The second-order valence-corrected chi connectivity index (χ2v) is 7.72. The molecule has 1 aromatic heterocycles. The van der Waals surface area contributed by atoms with E-state index in [1.54, 1.807) is 0 Å². The minimum absolute atomic E-state index is 0.354. The summed E-state index contributed by atoms with van der Waals surface area (Å²) in [6.45, 7) is -4.92. The summed E-state index contributed by atoms with van der Waals surface area (Å²) >= 11 is 0. The fraction of sp³-hybridized carbons (Fsp3) is 0.556. The number of aromatic amines is 1. The van der Waals surface area contributed by atoms with E-state index in [-0.39, 0.29) is 18.6 Å². The Balaban J connectivity index is 1.98. The van der Waals surface area contributed by atoms with E-state index in [0.29, 0.717) is 12.8 Å². The number of aromatic nitrogens is 2. The van der Waals surface area contributed by atoms with E-state index in [4.69, 9.17) is 5.73 Å². The summed E-state index contributed by atoms with van der Waals surface area (Å²) in [6, 6.07) is 0.293. The van der Waals surface area contributed by atoms with Crippen LogP contribution in [0.25, 0.3) is 10.9 Å². The largest absolute Gasteiger partial charge is 0.430 e. The van der Waals surface area contributed by atoms with Gasteiger partial charge in [0.25, 0.3) is 5.56 Å². The standard InChI is InChI=1S/C18H18F6N4O3/c19-11-3-9-12(28(8-1-2-8)17(30)26-15(9)29)14(31-16(20)21)13(11)27-5-7(4-25)10(6-27)18(22,23)24/h3,7-8,10,16H,1-2,4-6,25H2,(H,26,29,30). The first kappa shape index (κ1) is 21.5. The molecule has 2 aliphatic rings. The number of nitrogens with one attached hydrogen (secondary N) is 1. The Morgan fingerprint density at radius 1 is 1.23 bits per heavy atom. The van der Waals surface area contributed by atoms with E-state index in [2.05, 4.69) is 4.74 Å². The normalized spacial score (nSPS) is 22.0. The van der Waals surface area contributed by atoms with Crippen LogP contribution in [0.1, 0.15) is 18.9 Å². The fourth-order valence-electron chi connectivity index (χ4n) is 4.18. The van der Waals surface area contributed by atoms with Gasteiger partial charge in [0.15, 0.2) is 11.6 Å². The van der Waals surface area contributed by atoms with Gasteiger partial charge in [-0.2, -0.15) is 22.0 Å². The van der Waals surface area contributed by atoms with Crippen molar-refractivity contribution < 1.29 is 31.1 Å². The molecule has 0 bridgehead atoms. The zero-order chi connectivity index (χ0) is 22.7. The third kappa shape index (κ3) is 3.75. The lowest BCUT2D eigenvalue weighted by Gasteiger charge is -2.25. The highest BCUT2D eigenvalue weighted by Gasteiger charge is 2.50. The van der Waals surface area contributed by atoms with Crippen LogP contribution in [0.5, 0.6) is 5.75 Å². The Kier molecular flexibility index (Phi) is 5.18. The van der Waals surface area contributed by atoms with Crippen molar-refractivity contribution in [1.29, 1.82) is 0 Å². The van der Waals surface area contributed by atoms with Gasteiger partial charge in [-0.15, -0.1) is 0 Å². The molecule has 1 aliphatic carbocycles. The van der Waals surface area contributed by atoms with Gasteiger partial charge in [-0.05, 0) is 25.5 Å². The van der Waals surface area contributed by atoms with E-state index in [9.17, 15) is 31.5 Å². The molecule has 31 heavy (non-hydrogen) atoms. The number of fused-ring (bicyclic) bond motifs is 1. The number of benzene rings is 1. The van der Waals surface area contributed by atoms with Crippen LogP contribution in [0, 0.1) is 17.7 Å². The number of anilines is 1. The SMILES string of the molecule is NCC1CN(c2c(F)cc3c(=O)[nH]c(=O)n(C4CC4)c3c2OC(F)F)CC1C(F)(F)F. The Morgan fingerprint density at radius 2 is 1.90 bits per heavy atom. The van der Waals surface area contributed by atoms with Gasteiger partial charge in [0.2, 0.25) is 0 Å². The van der Waals surface area contributed by atoms with Crippen molar-refractivity contribution in [2.75, 3.05) is 24.5 Å². The number of rotatable bonds is 5. The highest BCUT2D eigenvalue weighted by molar-refractivity contribution is 5.91. The minimum atomic E-state index is -4.64. The molecule has 1 saturated heterocycles. The van der Waals surface area contributed by atoms with Crippen molar-refractivity contribution in [3.8, 4) is 5.75 Å². The van der Waals surface area contributed by atoms with Gasteiger partial charge in [0.1, 0.15) is 11.2 Å². The molecule has 170 valence electrons. The van der Waals surface area contributed by atoms with Gasteiger partial charge in [0.05, 0.1) is 11.3 Å². The lowest BCUT2D eigenvalue weighted by molar-refractivity contribution is -0.178. The molecule has 2 heterocycles. The van der Waals surface area contributed by atoms with Crippen LogP contribution in [0.15, 0.2) is 15.7 Å². The summed E-state index contributed by atoms with van der Waals surface area (Å²) in [6.07, 6.45) is -3.61. The molecule has 2 atom stereocenters. The predicted octanol–water partition coefficient (Wildman–Crippen LogP) is 2.34. The predicted molar refractivity (Wildman–Crippen MR) is 98.0 cm³/mol. The lowest BCUT2D eigenvalue weighted by atomic mass is 9.96. The van der Waals surface area contributed by atoms with Gasteiger partial charge < -0.3 is 15.4 Å². The monoisotopic (exact) mass is 452 g/mol. The number of hydrogen-bond donors (Lipinski definition) is 2. The minimum Gasteiger partial charge on any atom is -0.430 e. The number of H-pyrrole nitrogens is 1. The van der Waals surface area contributed by atoms with Crippen molar-refractivity contribution in [3.63, 3.8) is 0 Å². The molecule has 7 nitrogen and oxygen atoms in total. The van der Waals surface area contributed by atoms with Crippen LogP contribution in [0.2, 0.25) is 0 Å². The van der Waals surface area contributed by atoms with Gasteiger partial charge in [-0.1, -0.05) is 0 Å². The molecule has 1 saturated carbocycles. The van der Waals surface area contributed by atoms with Crippen molar-refractivity contribution in [2.24, 2.45) is 17.6 Å². The van der Waals surface area contributed by atoms with E-state index in [1.807, 2.05) is 4.98 Å². The van der Waals surface area contributed by atoms with Crippen LogP contribution in [-0.2, 0) is 0 Å². The van der Waals surface area contributed by atoms with E-state index in [0.717, 1.165) is 15.5 Å². The number of nitrogens with zero attached hydrogens (tertiary/aromatic N) is 2. The maximum absolute atomic E-state index is 15.0. The zero-order valence-electron chi connectivity index (χ0n) is 15.9. The maximum Gasteiger partial charge on any atom is 0.393 e. The molecule has 1 aliphatic heterocycles. The first-order valence-electron chi connectivity index (χ1n) is 9.50. The number of alkyl halides is 5. The molecule has 0 radical (unpaired) electrons. The Labute approximate surface area is 170 Å². The summed E-state index contributed by atoms with van der Waals surface area (Å²) in [5.74, 6) is -5.05. The van der Waals surface area contributed by atoms with Crippen LogP contribution in [-0.4, -0.2) is 42.0 Å². The molecule has 0 spiro atoms. The second-order valence-electron chi connectivity index (χ2n) is 7.72. The third-order valence-electron chi connectivity index (χ3n) is 5.71. The topological polar surface area (TPSA) is 93.4 Å². The van der Waals surface area contributed by atoms with E-state index >= 15 is 4.39 Å². The summed E-state index contributed by atoms with van der Waals surface area (Å²) in [5.41, 5.74) is 2.52. The van der Waals surface area contributed by atoms with Crippen molar-refractivity contribution in [3.05, 3.63) is 32.7 Å². The Hall–Kier alpha value is -2.70. The molecule has 4 rings (SSSR count). The summed E-state index contributed by atoms with van der Waals surface area (Å²) < 4.78 is 87.4. The Bertz CT molecular complexity index is 1120. The highest BCUT2D eigenvalue weighted by atomic mass is 19.4. The highest BCUT2D eigenvalue weighted by Crippen LogP contribution is 2.46. The average Bonchev–Trinajstić information content (AvgIpc) is 3.39. The maximum atomic E-state index is 15.0. The summed E-state index contributed by atoms with van der Waals surface area (Å²) in [5, 5.41) is -0.412. The number of hydrogen-bond acceptors (Lipinski definition) is 5. The Morgan fingerprint density at radius 3 is 2.42 bits per heavy atom. The van der Waals surface area contributed by atoms with E-state index < -0.39 is 71.1 Å². The quantitative estimate of drug-likeness (QED) is 0.680. The number of halogens is 6. The van der Waals surface area contributed by atoms with Crippen LogP contribution in [0.3, 0.4) is 0 Å². The molecule has 2 aromatic rings. The molecular weight excluding hydrogens is 434 g/mol. The molecule has 2 fully saturated rings. The van der Waals surface area contributed by atoms with E-state index in [1.165, 1.54) is 0 Å². The van der Waals surface area contributed by atoms with Crippen molar-refractivity contribution >= 4 is 16.6 Å². The van der Waals surface area contributed by atoms with Crippen LogP contribution >= 0.6 is 0 Å². The number of nitrogens with two attached hydrogens (primary N) is 1. The lowest BCUT2D eigenvalue weighted by Crippen LogP contribution is -2.33. The summed E-state index contributed by atoms with van der Waals surface area (Å²) in [7, 11) is 0. The van der Waals surface area contributed by atoms with Gasteiger partial charge in [-0.3, -0.25) is 14.3 Å². The van der Waals surface area contributed by atoms with Crippen LogP contribution in [0.4, 0.5) is 32.0 Å². The first-order valence-corrected chi connectivity index (χ1v) is 9.50. The second kappa shape index (κ2) is 7.46. The molecule has 13 heteroatoms. The van der Waals surface area contributed by atoms with Crippen molar-refractivity contribution in [1.82, 2.24) is 9.55 Å². The van der Waals surface area contributed by atoms with Crippen molar-refractivity contribution in [2.45, 2.75) is 31.7 Å². The van der Waals surface area contributed by atoms with Crippen LogP contribution < -0.4 is 26.6 Å². The average molecular weight is 452 g/mol. The number of ether oxygens (including phenoxy) is 1. The molecule has 2 unspecified atom stereocenters. The van der Waals surface area contributed by atoms with Gasteiger partial charge in [0, 0.05) is 25.0 Å². The first-order chi connectivity index (χ1) is 14.5. The zero-order valence-corrected chi connectivity index (χ0v) is 15.9. The van der Waals surface area contributed by atoms with Gasteiger partial charge >= 0.3 is 18.5 Å². The summed E-state index contributed by atoms with van der Waals surface area (Å²) in [4.78, 5) is 27.5. The van der Waals surface area contributed by atoms with Gasteiger partial charge in [-0.25, -0.2) is 9.18 Å². The molecular formula is C18H18F6N4O3. The molecule has 3 N–H and O–H groups in total. The molecule has 1 aromatic carbocycles. The third-order valence-corrected chi connectivity index (χ3v) is 5.71.